The Labute approximate surface area is 97.4 Å². The van der Waals surface area contributed by atoms with E-state index in [9.17, 15) is 0 Å². The van der Waals surface area contributed by atoms with Crippen LogP contribution >= 0.6 is 0 Å². The topological polar surface area (TPSA) is 41.9 Å². The van der Waals surface area contributed by atoms with E-state index >= 15 is 0 Å². The standard InChI is InChI=1S/C12H22N4/c1-9(6-14-12-4-5-12)13-7-11-8-16(3)15-10(11)2/h8-9,12-14H,4-7H2,1-3H3. The first-order valence-corrected chi connectivity index (χ1v) is 6.11. The molecule has 1 heterocycles. The number of rotatable bonds is 6. The van der Waals surface area contributed by atoms with Crippen LogP contribution in [0.5, 0.6) is 0 Å². The van der Waals surface area contributed by atoms with E-state index < -0.39 is 0 Å². The number of aryl methyl sites for hydroxylation is 2. The minimum absolute atomic E-state index is 0.514. The molecule has 2 N–H and O–H groups in total. The third-order valence-corrected chi connectivity index (χ3v) is 3.05. The number of aromatic nitrogens is 2. The minimum Gasteiger partial charge on any atom is -0.312 e. The first-order valence-electron chi connectivity index (χ1n) is 6.11. The van der Waals surface area contributed by atoms with E-state index in [2.05, 4.69) is 35.8 Å². The Hall–Kier alpha value is -0.870. The van der Waals surface area contributed by atoms with Crippen LogP contribution in [0.3, 0.4) is 0 Å². The summed E-state index contributed by atoms with van der Waals surface area (Å²) >= 11 is 0. The van der Waals surface area contributed by atoms with E-state index in [0.29, 0.717) is 6.04 Å². The zero-order valence-corrected chi connectivity index (χ0v) is 10.5. The largest absolute Gasteiger partial charge is 0.312 e. The second-order valence-electron chi connectivity index (χ2n) is 4.88. The molecule has 4 nitrogen and oxygen atoms in total. The normalized spacial score (nSPS) is 17.7. The Morgan fingerprint density at radius 2 is 2.31 bits per heavy atom. The van der Waals surface area contributed by atoms with Crippen molar-refractivity contribution in [2.24, 2.45) is 7.05 Å². The Kier molecular flexibility index (Phi) is 3.61. The molecular weight excluding hydrogens is 200 g/mol. The molecule has 1 fully saturated rings. The van der Waals surface area contributed by atoms with Crippen molar-refractivity contribution in [2.75, 3.05) is 6.54 Å². The van der Waals surface area contributed by atoms with Crippen LogP contribution in [0, 0.1) is 6.92 Å². The summed E-state index contributed by atoms with van der Waals surface area (Å²) in [5.74, 6) is 0. The molecule has 0 bridgehead atoms. The van der Waals surface area contributed by atoms with E-state index in [-0.39, 0.29) is 0 Å². The van der Waals surface area contributed by atoms with Gasteiger partial charge in [-0.15, -0.1) is 0 Å². The van der Waals surface area contributed by atoms with Gasteiger partial charge in [0.25, 0.3) is 0 Å². The van der Waals surface area contributed by atoms with Crippen LogP contribution in [0.4, 0.5) is 0 Å². The number of nitrogens with one attached hydrogen (secondary N) is 2. The van der Waals surface area contributed by atoms with Gasteiger partial charge >= 0.3 is 0 Å². The van der Waals surface area contributed by atoms with Gasteiger partial charge in [0.2, 0.25) is 0 Å². The van der Waals surface area contributed by atoms with Gasteiger partial charge in [-0.1, -0.05) is 0 Å². The predicted molar refractivity (Wildman–Crippen MR) is 65.3 cm³/mol. The van der Waals surface area contributed by atoms with Crippen molar-refractivity contribution in [3.63, 3.8) is 0 Å². The smallest absolute Gasteiger partial charge is 0.0638 e. The Morgan fingerprint density at radius 1 is 1.56 bits per heavy atom. The molecule has 1 aliphatic rings. The lowest BCUT2D eigenvalue weighted by molar-refractivity contribution is 0.499. The molecule has 0 aliphatic heterocycles. The summed E-state index contributed by atoms with van der Waals surface area (Å²) in [6.45, 7) is 6.25. The molecule has 1 aromatic heterocycles. The first kappa shape index (κ1) is 11.6. The molecule has 0 spiro atoms. The van der Waals surface area contributed by atoms with Gasteiger partial charge in [0.1, 0.15) is 0 Å². The fourth-order valence-electron chi connectivity index (χ4n) is 1.81. The third-order valence-electron chi connectivity index (χ3n) is 3.05. The Balaban J connectivity index is 1.70. The maximum atomic E-state index is 4.33. The molecule has 16 heavy (non-hydrogen) atoms. The number of hydrogen-bond donors (Lipinski definition) is 2. The van der Waals surface area contributed by atoms with Crippen LogP contribution in [0.1, 0.15) is 31.0 Å². The molecule has 0 radical (unpaired) electrons. The van der Waals surface area contributed by atoms with Gasteiger partial charge in [0.05, 0.1) is 5.69 Å². The van der Waals surface area contributed by atoms with Crippen LogP contribution in [0.2, 0.25) is 0 Å². The summed E-state index contributed by atoms with van der Waals surface area (Å²) in [5, 5.41) is 11.4. The van der Waals surface area contributed by atoms with Crippen molar-refractivity contribution >= 4 is 0 Å². The molecule has 0 saturated heterocycles. The summed E-state index contributed by atoms with van der Waals surface area (Å²) < 4.78 is 1.87. The highest BCUT2D eigenvalue weighted by Crippen LogP contribution is 2.18. The lowest BCUT2D eigenvalue weighted by atomic mass is 10.2. The fraction of sp³-hybridized carbons (Fsp3) is 0.750. The quantitative estimate of drug-likeness (QED) is 0.753. The third kappa shape index (κ3) is 3.32. The van der Waals surface area contributed by atoms with Gasteiger partial charge < -0.3 is 10.6 Å². The Morgan fingerprint density at radius 3 is 2.88 bits per heavy atom. The van der Waals surface area contributed by atoms with Crippen LogP contribution in [-0.4, -0.2) is 28.4 Å². The van der Waals surface area contributed by atoms with E-state index in [1.807, 2.05) is 11.7 Å². The van der Waals surface area contributed by atoms with Crippen molar-refractivity contribution in [3.05, 3.63) is 17.5 Å². The van der Waals surface area contributed by atoms with Crippen LogP contribution in [0.15, 0.2) is 6.20 Å². The monoisotopic (exact) mass is 222 g/mol. The molecular formula is C12H22N4. The van der Waals surface area contributed by atoms with E-state index in [1.165, 1.54) is 18.4 Å². The summed E-state index contributed by atoms with van der Waals surface area (Å²) in [4.78, 5) is 0. The fourth-order valence-corrected chi connectivity index (χ4v) is 1.81. The van der Waals surface area contributed by atoms with Crippen LogP contribution < -0.4 is 10.6 Å². The van der Waals surface area contributed by atoms with Gasteiger partial charge in [-0.2, -0.15) is 5.10 Å². The minimum atomic E-state index is 0.514. The highest BCUT2D eigenvalue weighted by molar-refractivity contribution is 5.14. The van der Waals surface area contributed by atoms with Crippen molar-refractivity contribution in [3.8, 4) is 0 Å². The highest BCUT2D eigenvalue weighted by atomic mass is 15.3. The molecule has 2 rings (SSSR count). The summed E-state index contributed by atoms with van der Waals surface area (Å²) in [7, 11) is 1.97. The van der Waals surface area contributed by atoms with Crippen molar-refractivity contribution in [1.82, 2.24) is 20.4 Å². The van der Waals surface area contributed by atoms with Crippen LogP contribution in [-0.2, 0) is 13.6 Å². The Bertz CT molecular complexity index is 341. The van der Waals surface area contributed by atoms with Crippen molar-refractivity contribution < 1.29 is 0 Å². The molecule has 1 unspecified atom stereocenters. The van der Waals surface area contributed by atoms with E-state index in [4.69, 9.17) is 0 Å². The molecule has 0 aromatic carbocycles. The van der Waals surface area contributed by atoms with Gasteiger partial charge in [-0.05, 0) is 26.7 Å². The number of nitrogens with zero attached hydrogens (tertiary/aromatic N) is 2. The maximum Gasteiger partial charge on any atom is 0.0638 e. The van der Waals surface area contributed by atoms with Gasteiger partial charge in [-0.25, -0.2) is 0 Å². The average Bonchev–Trinajstić information content (AvgIpc) is 2.99. The lowest BCUT2D eigenvalue weighted by Crippen LogP contribution is -2.36. The molecule has 1 atom stereocenters. The van der Waals surface area contributed by atoms with Gasteiger partial charge in [0.15, 0.2) is 0 Å². The highest BCUT2D eigenvalue weighted by Gasteiger charge is 2.20. The van der Waals surface area contributed by atoms with Crippen molar-refractivity contribution in [2.45, 2.75) is 45.3 Å². The maximum absolute atomic E-state index is 4.33. The zero-order valence-electron chi connectivity index (χ0n) is 10.5. The van der Waals surface area contributed by atoms with Crippen molar-refractivity contribution in [1.29, 1.82) is 0 Å². The second kappa shape index (κ2) is 4.97. The van der Waals surface area contributed by atoms with Crippen LogP contribution in [0.25, 0.3) is 0 Å². The molecule has 1 saturated carbocycles. The van der Waals surface area contributed by atoms with E-state index in [1.54, 1.807) is 0 Å². The molecule has 0 amide bonds. The second-order valence-corrected chi connectivity index (χ2v) is 4.88. The van der Waals surface area contributed by atoms with E-state index in [0.717, 1.165) is 24.8 Å². The SMILES string of the molecule is Cc1nn(C)cc1CNC(C)CNC1CC1. The van der Waals surface area contributed by atoms with Gasteiger partial charge in [-0.3, -0.25) is 4.68 Å². The molecule has 90 valence electrons. The first-order chi connectivity index (χ1) is 7.65. The summed E-state index contributed by atoms with van der Waals surface area (Å²) in [6, 6.07) is 1.31. The summed E-state index contributed by atoms with van der Waals surface area (Å²) in [6.07, 6.45) is 4.80. The molecule has 4 heteroatoms. The predicted octanol–water partition coefficient (Wildman–Crippen LogP) is 0.959. The molecule has 1 aliphatic carbocycles. The average molecular weight is 222 g/mol. The number of hydrogen-bond acceptors (Lipinski definition) is 3. The summed E-state index contributed by atoms with van der Waals surface area (Å²) in [5.41, 5.74) is 2.41. The zero-order chi connectivity index (χ0) is 11.5. The lowest BCUT2D eigenvalue weighted by Gasteiger charge is -2.14. The van der Waals surface area contributed by atoms with Gasteiger partial charge in [0, 0.05) is 44.0 Å². The molecule has 1 aromatic rings.